The van der Waals surface area contributed by atoms with Crippen LogP contribution in [0.25, 0.3) is 17.1 Å². The molecule has 10 heteroatoms. The summed E-state index contributed by atoms with van der Waals surface area (Å²) >= 11 is 3.05. The van der Waals surface area contributed by atoms with Gasteiger partial charge in [-0.05, 0) is 50.2 Å². The average molecular weight is 506 g/mol. The number of amides is 1. The van der Waals surface area contributed by atoms with Crippen LogP contribution in [0.2, 0.25) is 0 Å². The van der Waals surface area contributed by atoms with Gasteiger partial charge in [0.15, 0.2) is 11.0 Å². The molecule has 1 saturated heterocycles. The minimum Gasteiger partial charge on any atom is -0.349 e. The quantitative estimate of drug-likeness (QED) is 0.339. The van der Waals surface area contributed by atoms with E-state index in [1.54, 1.807) is 24.2 Å². The number of benzene rings is 1. The Morgan fingerprint density at radius 1 is 1.03 bits per heavy atom. The number of nitrogens with zero attached hydrogens (tertiary/aromatic N) is 6. The van der Waals surface area contributed by atoms with Crippen molar-refractivity contribution >= 4 is 29.0 Å². The second-order valence-corrected chi connectivity index (χ2v) is 10.2. The largest absolute Gasteiger partial charge is 0.349 e. The van der Waals surface area contributed by atoms with Crippen LogP contribution in [0.3, 0.4) is 0 Å². The van der Waals surface area contributed by atoms with Gasteiger partial charge in [-0.25, -0.2) is 4.98 Å². The maximum atomic E-state index is 12.5. The smallest absolute Gasteiger partial charge is 0.270 e. The minimum atomic E-state index is -0.109. The summed E-state index contributed by atoms with van der Waals surface area (Å²) in [5, 5.41) is 15.4. The Kier molecular flexibility index (Phi) is 7.82. The number of pyridine rings is 1. The Hall–Kier alpha value is -3.08. The fraction of sp³-hybridized carbons (Fsp3) is 0.320. The van der Waals surface area contributed by atoms with Gasteiger partial charge in [0, 0.05) is 42.1 Å². The number of likely N-dealkylation sites (tertiary alicyclic amines) is 1. The van der Waals surface area contributed by atoms with Crippen LogP contribution in [-0.4, -0.2) is 61.7 Å². The highest BCUT2D eigenvalue weighted by molar-refractivity contribution is 7.98. The van der Waals surface area contributed by atoms with E-state index in [-0.39, 0.29) is 5.91 Å². The van der Waals surface area contributed by atoms with E-state index in [9.17, 15) is 4.79 Å². The van der Waals surface area contributed by atoms with E-state index in [1.807, 2.05) is 52.4 Å². The zero-order valence-electron chi connectivity index (χ0n) is 19.3. The third-order valence-electron chi connectivity index (χ3n) is 5.86. The van der Waals surface area contributed by atoms with Gasteiger partial charge in [0.1, 0.15) is 10.7 Å². The van der Waals surface area contributed by atoms with Crippen molar-refractivity contribution in [3.05, 3.63) is 70.9 Å². The lowest BCUT2D eigenvalue weighted by Gasteiger charge is -2.26. The molecule has 4 heterocycles. The molecule has 0 spiro atoms. The molecule has 3 aromatic heterocycles. The number of thiazole rings is 1. The van der Waals surface area contributed by atoms with Crippen LogP contribution in [0.4, 0.5) is 0 Å². The van der Waals surface area contributed by atoms with Crippen molar-refractivity contribution in [3.8, 4) is 17.1 Å². The molecule has 180 valence electrons. The number of hydrogen-bond donors (Lipinski definition) is 1. The molecular weight excluding hydrogens is 478 g/mol. The first-order valence-corrected chi connectivity index (χ1v) is 13.6. The molecule has 5 rings (SSSR count). The van der Waals surface area contributed by atoms with E-state index in [0.717, 1.165) is 46.9 Å². The number of para-hydroxylation sites is 1. The maximum absolute atomic E-state index is 12.5. The molecule has 0 aliphatic carbocycles. The number of piperidine rings is 1. The number of hydrogen-bond acceptors (Lipinski definition) is 8. The lowest BCUT2D eigenvalue weighted by molar-refractivity contribution is 0.0942. The van der Waals surface area contributed by atoms with Gasteiger partial charge in [-0.2, -0.15) is 0 Å². The lowest BCUT2D eigenvalue weighted by atomic mass is 10.1. The van der Waals surface area contributed by atoms with Crippen LogP contribution < -0.4 is 5.32 Å². The third kappa shape index (κ3) is 5.95. The van der Waals surface area contributed by atoms with Gasteiger partial charge in [-0.3, -0.25) is 14.3 Å². The first-order chi connectivity index (χ1) is 17.3. The highest BCUT2D eigenvalue weighted by atomic mass is 32.2. The summed E-state index contributed by atoms with van der Waals surface area (Å²) in [6.45, 7) is 3.81. The summed E-state index contributed by atoms with van der Waals surface area (Å²) < 4.78 is 2.04. The van der Waals surface area contributed by atoms with E-state index in [4.69, 9.17) is 0 Å². The van der Waals surface area contributed by atoms with Gasteiger partial charge in [-0.1, -0.05) is 36.4 Å². The molecule has 1 fully saturated rings. The topological polar surface area (TPSA) is 88.8 Å². The van der Waals surface area contributed by atoms with Crippen molar-refractivity contribution in [1.29, 1.82) is 0 Å². The highest BCUT2D eigenvalue weighted by Crippen LogP contribution is 2.30. The van der Waals surface area contributed by atoms with Gasteiger partial charge in [0.2, 0.25) is 0 Å². The first kappa shape index (κ1) is 23.7. The van der Waals surface area contributed by atoms with Crippen LogP contribution in [0.5, 0.6) is 0 Å². The van der Waals surface area contributed by atoms with Crippen molar-refractivity contribution in [2.24, 2.45) is 0 Å². The zero-order valence-corrected chi connectivity index (χ0v) is 21.0. The highest BCUT2D eigenvalue weighted by Gasteiger charge is 2.18. The lowest BCUT2D eigenvalue weighted by Crippen LogP contribution is -2.37. The van der Waals surface area contributed by atoms with Gasteiger partial charge in [0.25, 0.3) is 5.91 Å². The van der Waals surface area contributed by atoms with E-state index < -0.39 is 0 Å². The summed E-state index contributed by atoms with van der Waals surface area (Å²) in [5.41, 5.74) is 2.41. The number of carbonyl (C=O) groups excluding carboxylic acids is 1. The molecule has 1 aliphatic rings. The van der Waals surface area contributed by atoms with E-state index >= 15 is 0 Å². The van der Waals surface area contributed by atoms with Crippen molar-refractivity contribution in [3.63, 3.8) is 0 Å². The fourth-order valence-electron chi connectivity index (χ4n) is 4.07. The van der Waals surface area contributed by atoms with Crippen LogP contribution in [0.1, 0.15) is 34.8 Å². The molecule has 1 aliphatic heterocycles. The Balaban J connectivity index is 1.24. The molecular formula is C25H27N7OS2. The van der Waals surface area contributed by atoms with E-state index in [2.05, 4.69) is 30.4 Å². The number of aromatic nitrogens is 5. The second kappa shape index (κ2) is 11.6. The van der Waals surface area contributed by atoms with E-state index in [0.29, 0.717) is 18.0 Å². The summed E-state index contributed by atoms with van der Waals surface area (Å²) in [6, 6.07) is 13.9. The molecule has 35 heavy (non-hydrogen) atoms. The molecule has 0 bridgehead atoms. The SMILES string of the molecule is O=C(NCCN1CCCCC1)c1csc(CSc2nnc(-c3ccncc3)n2-c2ccccc2)n1. The van der Waals surface area contributed by atoms with Crippen LogP contribution in [-0.2, 0) is 5.75 Å². The van der Waals surface area contributed by atoms with Gasteiger partial charge >= 0.3 is 0 Å². The molecule has 0 saturated carbocycles. The Bertz CT molecular complexity index is 1240. The molecule has 0 atom stereocenters. The summed E-state index contributed by atoms with van der Waals surface area (Å²) in [6.07, 6.45) is 7.32. The molecule has 1 N–H and O–H groups in total. The Labute approximate surface area is 212 Å². The average Bonchev–Trinajstić information content (AvgIpc) is 3.56. The monoisotopic (exact) mass is 505 g/mol. The fourth-order valence-corrected chi connectivity index (χ4v) is 5.81. The third-order valence-corrected chi connectivity index (χ3v) is 7.83. The van der Waals surface area contributed by atoms with Gasteiger partial charge < -0.3 is 10.2 Å². The minimum absolute atomic E-state index is 0.109. The summed E-state index contributed by atoms with van der Waals surface area (Å²) in [7, 11) is 0. The van der Waals surface area contributed by atoms with Crippen molar-refractivity contribution in [2.75, 3.05) is 26.2 Å². The standard InChI is InChI=1S/C25H27N7OS2/c33-24(27-13-16-31-14-5-2-6-15-31)21-17-34-22(28-21)18-35-25-30-29-23(19-9-11-26-12-10-19)32(25)20-7-3-1-4-8-20/h1,3-4,7-12,17H,2,5-6,13-16,18H2,(H,27,33). The predicted molar refractivity (Wildman–Crippen MR) is 139 cm³/mol. The molecule has 8 nitrogen and oxygen atoms in total. The Morgan fingerprint density at radius 3 is 2.63 bits per heavy atom. The maximum Gasteiger partial charge on any atom is 0.270 e. The van der Waals surface area contributed by atoms with Crippen molar-refractivity contribution < 1.29 is 4.79 Å². The van der Waals surface area contributed by atoms with Crippen molar-refractivity contribution in [1.82, 2.24) is 34.9 Å². The Morgan fingerprint density at radius 2 is 1.83 bits per heavy atom. The molecule has 1 amide bonds. The first-order valence-electron chi connectivity index (χ1n) is 11.8. The second-order valence-electron chi connectivity index (χ2n) is 8.29. The number of rotatable bonds is 9. The molecule has 0 unspecified atom stereocenters. The van der Waals surface area contributed by atoms with Gasteiger partial charge in [-0.15, -0.1) is 21.5 Å². The summed E-state index contributed by atoms with van der Waals surface area (Å²) in [5.74, 6) is 1.25. The molecule has 4 aromatic rings. The van der Waals surface area contributed by atoms with E-state index in [1.165, 1.54) is 30.6 Å². The van der Waals surface area contributed by atoms with Crippen LogP contribution in [0.15, 0.2) is 65.4 Å². The molecule has 1 aromatic carbocycles. The number of thioether (sulfide) groups is 1. The number of nitrogens with one attached hydrogen (secondary N) is 1. The van der Waals surface area contributed by atoms with Crippen LogP contribution >= 0.6 is 23.1 Å². The number of carbonyl (C=O) groups is 1. The zero-order chi connectivity index (χ0) is 23.9. The molecule has 0 radical (unpaired) electrons. The predicted octanol–water partition coefficient (Wildman–Crippen LogP) is 4.29. The normalized spacial score (nSPS) is 14.2. The van der Waals surface area contributed by atoms with Gasteiger partial charge in [0.05, 0.1) is 5.75 Å². The summed E-state index contributed by atoms with van der Waals surface area (Å²) in [4.78, 5) is 23.6. The van der Waals surface area contributed by atoms with Crippen molar-refractivity contribution in [2.45, 2.75) is 30.2 Å². The van der Waals surface area contributed by atoms with Crippen LogP contribution in [0, 0.1) is 0 Å².